The third-order valence-electron chi connectivity index (χ3n) is 13.1. The van der Waals surface area contributed by atoms with Crippen LogP contribution in [0.3, 0.4) is 0 Å². The molecule has 4 aliphatic carbocycles. The van der Waals surface area contributed by atoms with Gasteiger partial charge in [0.05, 0.1) is 6.10 Å². The molecule has 0 aliphatic heterocycles. The van der Waals surface area contributed by atoms with Gasteiger partial charge in [0.2, 0.25) is 0 Å². The number of rotatable bonds is 16. The van der Waals surface area contributed by atoms with Gasteiger partial charge < -0.3 is 16.4 Å². The van der Waals surface area contributed by atoms with Crippen LogP contribution in [0.15, 0.2) is 0 Å². The van der Waals surface area contributed by atoms with E-state index in [0.29, 0.717) is 35.1 Å². The number of hydrogen-bond acceptors (Lipinski definition) is 6. The lowest BCUT2D eigenvalue weighted by Gasteiger charge is -2.61. The molecular formula is C34H65N3O4S. The van der Waals surface area contributed by atoms with Crippen LogP contribution in [-0.2, 0) is 14.6 Å². The van der Waals surface area contributed by atoms with Crippen LogP contribution in [0.25, 0.3) is 0 Å². The first kappa shape index (κ1) is 34.6. The molecule has 7 nitrogen and oxygen atoms in total. The van der Waals surface area contributed by atoms with Crippen molar-refractivity contribution >= 4 is 10.4 Å². The molecule has 4 rings (SSSR count). The Balaban J connectivity index is 1.28. The van der Waals surface area contributed by atoms with Crippen molar-refractivity contribution < 1.29 is 17.2 Å². The molecule has 0 aromatic heterocycles. The van der Waals surface area contributed by atoms with Gasteiger partial charge in [-0.15, -0.1) is 0 Å². The molecule has 9 unspecified atom stereocenters. The minimum atomic E-state index is -4.42. The SMILES string of the molecule is CC(C)C(CC[C@@H](C)C1CCC2C3CCC4CC(NCCCNCCCCN)CCC4(C)C3CCC21C)OS(=O)(=O)O. The molecule has 42 heavy (non-hydrogen) atoms. The monoisotopic (exact) mass is 611 g/mol. The fourth-order valence-corrected chi connectivity index (χ4v) is 11.4. The highest BCUT2D eigenvalue weighted by Crippen LogP contribution is 2.68. The molecule has 4 aliphatic rings. The number of nitrogens with two attached hydrogens (primary N) is 1. The summed E-state index contributed by atoms with van der Waals surface area (Å²) in [6.45, 7) is 15.7. The molecule has 10 atom stereocenters. The van der Waals surface area contributed by atoms with Crippen LogP contribution in [-0.4, -0.2) is 51.3 Å². The highest BCUT2D eigenvalue weighted by Gasteiger charge is 2.60. The highest BCUT2D eigenvalue weighted by molar-refractivity contribution is 7.80. The molecular weight excluding hydrogens is 546 g/mol. The van der Waals surface area contributed by atoms with Gasteiger partial charge in [0.15, 0.2) is 0 Å². The van der Waals surface area contributed by atoms with E-state index in [2.05, 4.69) is 31.4 Å². The molecule has 5 N–H and O–H groups in total. The van der Waals surface area contributed by atoms with Crippen LogP contribution in [0.2, 0.25) is 0 Å². The van der Waals surface area contributed by atoms with Crippen molar-refractivity contribution in [3.05, 3.63) is 0 Å². The van der Waals surface area contributed by atoms with Crippen molar-refractivity contribution in [3.8, 4) is 0 Å². The second-order valence-electron chi connectivity index (χ2n) is 15.8. The predicted octanol–water partition coefficient (Wildman–Crippen LogP) is 6.58. The first-order valence-corrected chi connectivity index (χ1v) is 19.1. The fourth-order valence-electron chi connectivity index (χ4n) is 10.7. The summed E-state index contributed by atoms with van der Waals surface area (Å²) < 4.78 is 37.1. The normalized spacial score (nSPS) is 38.1. The number of nitrogens with one attached hydrogen (secondary N) is 2. The molecule has 0 saturated heterocycles. The van der Waals surface area contributed by atoms with Crippen molar-refractivity contribution in [2.45, 2.75) is 137 Å². The summed E-state index contributed by atoms with van der Waals surface area (Å²) in [6.07, 6.45) is 17.0. The standard InChI is InChI=1S/C34H65N3O4S/c1-24(2)32(41-42(38,39)40)14-9-25(3)29-12-13-30-28-11-10-26-23-27(37-22-8-21-36-20-7-6-19-35)15-17-33(26,4)31(28)16-18-34(29,30)5/h24-32,36-37H,6-23,35H2,1-5H3,(H,38,39,40)/t25-,26?,27?,28?,29?,30?,31?,32?,33?,34?/m1/s1. The Kier molecular flexibility index (Phi) is 12.3. The summed E-state index contributed by atoms with van der Waals surface area (Å²) in [5, 5.41) is 7.49. The smallest absolute Gasteiger partial charge is 0.330 e. The maximum absolute atomic E-state index is 11.4. The molecule has 0 aromatic carbocycles. The Morgan fingerprint density at radius 1 is 0.881 bits per heavy atom. The molecule has 0 radical (unpaired) electrons. The van der Waals surface area contributed by atoms with E-state index < -0.39 is 16.5 Å². The molecule has 0 aromatic rings. The van der Waals surface area contributed by atoms with Crippen LogP contribution < -0.4 is 16.4 Å². The van der Waals surface area contributed by atoms with E-state index in [1.807, 2.05) is 13.8 Å². The minimum Gasteiger partial charge on any atom is -0.330 e. The molecule has 0 spiro atoms. The summed E-state index contributed by atoms with van der Waals surface area (Å²) in [5.74, 6) is 4.76. The zero-order valence-electron chi connectivity index (χ0n) is 27.6. The molecule has 4 fully saturated rings. The van der Waals surface area contributed by atoms with Crippen LogP contribution >= 0.6 is 0 Å². The topological polar surface area (TPSA) is 114 Å². The van der Waals surface area contributed by atoms with Gasteiger partial charge in [0, 0.05) is 6.04 Å². The molecule has 0 amide bonds. The summed E-state index contributed by atoms with van der Waals surface area (Å²) in [4.78, 5) is 0. The Morgan fingerprint density at radius 3 is 2.31 bits per heavy atom. The van der Waals surface area contributed by atoms with Gasteiger partial charge in [0.1, 0.15) is 0 Å². The van der Waals surface area contributed by atoms with Crippen LogP contribution in [0.5, 0.6) is 0 Å². The Bertz CT molecular complexity index is 947. The molecule has 246 valence electrons. The second-order valence-corrected chi connectivity index (χ2v) is 16.8. The Morgan fingerprint density at radius 2 is 1.60 bits per heavy atom. The first-order chi connectivity index (χ1) is 19.9. The highest BCUT2D eigenvalue weighted by atomic mass is 32.3. The lowest BCUT2D eigenvalue weighted by molar-refractivity contribution is -0.118. The number of hydrogen-bond donors (Lipinski definition) is 4. The van der Waals surface area contributed by atoms with Gasteiger partial charge in [-0.2, -0.15) is 8.42 Å². The van der Waals surface area contributed by atoms with Crippen molar-refractivity contribution in [3.63, 3.8) is 0 Å². The number of unbranched alkanes of at least 4 members (excludes halogenated alkanes) is 1. The van der Waals surface area contributed by atoms with Crippen LogP contribution in [0.1, 0.15) is 125 Å². The van der Waals surface area contributed by atoms with Gasteiger partial charge in [0.25, 0.3) is 0 Å². The maximum Gasteiger partial charge on any atom is 0.397 e. The zero-order valence-corrected chi connectivity index (χ0v) is 28.4. The summed E-state index contributed by atoms with van der Waals surface area (Å²) in [6, 6.07) is 0.696. The maximum atomic E-state index is 11.4. The van der Waals surface area contributed by atoms with Gasteiger partial charge in [-0.25, -0.2) is 4.18 Å². The van der Waals surface area contributed by atoms with Crippen molar-refractivity contribution in [1.29, 1.82) is 0 Å². The van der Waals surface area contributed by atoms with Gasteiger partial charge >= 0.3 is 10.4 Å². The third kappa shape index (κ3) is 8.12. The van der Waals surface area contributed by atoms with Crippen LogP contribution in [0.4, 0.5) is 0 Å². The third-order valence-corrected chi connectivity index (χ3v) is 13.6. The van der Waals surface area contributed by atoms with E-state index in [9.17, 15) is 13.0 Å². The second kappa shape index (κ2) is 14.9. The molecule has 4 saturated carbocycles. The van der Waals surface area contributed by atoms with Gasteiger partial charge in [-0.1, -0.05) is 34.6 Å². The number of fused-ring (bicyclic) bond motifs is 5. The lowest BCUT2D eigenvalue weighted by atomic mass is 9.44. The van der Waals surface area contributed by atoms with Gasteiger partial charge in [-0.3, -0.25) is 4.55 Å². The van der Waals surface area contributed by atoms with E-state index in [4.69, 9.17) is 9.92 Å². The summed E-state index contributed by atoms with van der Waals surface area (Å²) >= 11 is 0. The average molecular weight is 612 g/mol. The fraction of sp³-hybridized carbons (Fsp3) is 1.00. The van der Waals surface area contributed by atoms with E-state index >= 15 is 0 Å². The van der Waals surface area contributed by atoms with Crippen molar-refractivity contribution in [2.75, 3.05) is 26.2 Å². The zero-order chi connectivity index (χ0) is 30.5. The summed E-state index contributed by atoms with van der Waals surface area (Å²) in [7, 11) is -4.42. The first-order valence-electron chi connectivity index (χ1n) is 17.7. The lowest BCUT2D eigenvalue weighted by Crippen LogP contribution is -2.55. The van der Waals surface area contributed by atoms with E-state index in [0.717, 1.165) is 62.7 Å². The molecule has 0 bridgehead atoms. The minimum absolute atomic E-state index is 0.0521. The van der Waals surface area contributed by atoms with Crippen molar-refractivity contribution in [2.24, 2.45) is 58.0 Å². The Labute approximate surface area is 258 Å². The predicted molar refractivity (Wildman–Crippen MR) is 172 cm³/mol. The van der Waals surface area contributed by atoms with E-state index in [1.54, 1.807) is 0 Å². The largest absolute Gasteiger partial charge is 0.397 e. The van der Waals surface area contributed by atoms with Gasteiger partial charge in [-0.05, 0) is 168 Å². The molecule has 0 heterocycles. The quantitative estimate of drug-likeness (QED) is 0.115. The Hall–Kier alpha value is -0.250. The van der Waals surface area contributed by atoms with E-state index in [-0.39, 0.29) is 5.92 Å². The van der Waals surface area contributed by atoms with E-state index in [1.165, 1.54) is 70.6 Å². The van der Waals surface area contributed by atoms with Crippen LogP contribution in [0, 0.1) is 52.3 Å². The summed E-state index contributed by atoms with van der Waals surface area (Å²) in [5.41, 5.74) is 6.50. The average Bonchev–Trinajstić information content (AvgIpc) is 3.29. The molecule has 8 heteroatoms. The van der Waals surface area contributed by atoms with Crippen molar-refractivity contribution in [1.82, 2.24) is 10.6 Å².